The quantitative estimate of drug-likeness (QED) is 0.847. The number of morpholine rings is 1. The van der Waals surface area contributed by atoms with Gasteiger partial charge in [-0.3, -0.25) is 4.90 Å². The number of benzene rings is 1. The smallest absolute Gasteiger partial charge is 0.0594 e. The average molecular weight is 260 g/mol. The zero-order valence-electron chi connectivity index (χ0n) is 11.6. The Morgan fingerprint density at radius 2 is 1.89 bits per heavy atom. The maximum atomic E-state index is 5.38. The van der Waals surface area contributed by atoms with Gasteiger partial charge < -0.3 is 10.1 Å². The lowest BCUT2D eigenvalue weighted by Crippen LogP contribution is -2.41. The molecule has 3 nitrogen and oxygen atoms in total. The van der Waals surface area contributed by atoms with Gasteiger partial charge >= 0.3 is 0 Å². The summed E-state index contributed by atoms with van der Waals surface area (Å²) in [4.78, 5) is 2.49. The van der Waals surface area contributed by atoms with Crippen molar-refractivity contribution in [3.63, 3.8) is 0 Å². The number of ether oxygens (including phenoxy) is 1. The third-order valence-electron chi connectivity index (χ3n) is 4.15. The fourth-order valence-electron chi connectivity index (χ4n) is 2.85. The lowest BCUT2D eigenvalue weighted by molar-refractivity contribution is 0.0380. The van der Waals surface area contributed by atoms with E-state index in [1.807, 2.05) is 0 Å². The van der Waals surface area contributed by atoms with Crippen molar-refractivity contribution in [3.8, 4) is 0 Å². The Morgan fingerprint density at radius 3 is 2.58 bits per heavy atom. The Balaban J connectivity index is 1.48. The lowest BCUT2D eigenvalue weighted by atomic mass is 10.0. The van der Waals surface area contributed by atoms with E-state index in [1.54, 1.807) is 0 Å². The Bertz CT molecular complexity index is 372. The van der Waals surface area contributed by atoms with E-state index in [0.717, 1.165) is 45.3 Å². The first-order valence-electron chi connectivity index (χ1n) is 7.52. The summed E-state index contributed by atoms with van der Waals surface area (Å²) in [5, 5.41) is 3.76. The summed E-state index contributed by atoms with van der Waals surface area (Å²) >= 11 is 0. The molecule has 0 amide bonds. The number of nitrogens with zero attached hydrogens (tertiary/aromatic N) is 1. The first-order valence-corrected chi connectivity index (χ1v) is 7.52. The molecule has 3 rings (SSSR count). The zero-order chi connectivity index (χ0) is 12.9. The van der Waals surface area contributed by atoms with Crippen LogP contribution in [0.2, 0.25) is 0 Å². The molecule has 1 saturated heterocycles. The van der Waals surface area contributed by atoms with E-state index in [9.17, 15) is 0 Å². The lowest BCUT2D eigenvalue weighted by Gasteiger charge is -2.28. The molecule has 3 heteroatoms. The monoisotopic (exact) mass is 260 g/mol. The van der Waals surface area contributed by atoms with Crippen molar-refractivity contribution in [1.29, 1.82) is 0 Å². The van der Waals surface area contributed by atoms with Crippen molar-refractivity contribution >= 4 is 0 Å². The second kappa shape index (κ2) is 6.51. The van der Waals surface area contributed by atoms with Crippen LogP contribution in [-0.4, -0.2) is 44.3 Å². The van der Waals surface area contributed by atoms with Crippen LogP contribution in [0.15, 0.2) is 30.3 Å². The Hall–Kier alpha value is -0.900. The molecule has 2 aliphatic rings. The molecule has 1 aliphatic heterocycles. The van der Waals surface area contributed by atoms with Gasteiger partial charge in [-0.05, 0) is 24.3 Å². The SMILES string of the molecule is c1ccc(C(NCCN2CCOCC2)C2CC2)cc1. The zero-order valence-corrected chi connectivity index (χ0v) is 11.6. The van der Waals surface area contributed by atoms with Crippen LogP contribution in [0.4, 0.5) is 0 Å². The van der Waals surface area contributed by atoms with Gasteiger partial charge in [0.15, 0.2) is 0 Å². The summed E-state index contributed by atoms with van der Waals surface area (Å²) in [5.74, 6) is 0.854. The van der Waals surface area contributed by atoms with Gasteiger partial charge in [-0.25, -0.2) is 0 Å². The van der Waals surface area contributed by atoms with Gasteiger partial charge in [-0.1, -0.05) is 30.3 Å². The molecule has 0 aromatic heterocycles. The fourth-order valence-corrected chi connectivity index (χ4v) is 2.85. The van der Waals surface area contributed by atoms with Crippen LogP contribution in [-0.2, 0) is 4.74 Å². The highest BCUT2D eigenvalue weighted by Crippen LogP contribution is 2.40. The largest absolute Gasteiger partial charge is 0.379 e. The number of nitrogens with one attached hydrogen (secondary N) is 1. The molecule has 1 aromatic carbocycles. The summed E-state index contributed by atoms with van der Waals surface area (Å²) in [7, 11) is 0. The molecule has 1 atom stereocenters. The molecule has 1 N–H and O–H groups in total. The van der Waals surface area contributed by atoms with Gasteiger partial charge in [0.05, 0.1) is 13.2 Å². The first-order chi connectivity index (χ1) is 9.43. The Morgan fingerprint density at radius 1 is 1.16 bits per heavy atom. The van der Waals surface area contributed by atoms with Gasteiger partial charge in [0.2, 0.25) is 0 Å². The van der Waals surface area contributed by atoms with Crippen LogP contribution in [0.5, 0.6) is 0 Å². The highest BCUT2D eigenvalue weighted by Gasteiger charge is 2.31. The molecular formula is C16H24N2O. The normalized spacial score (nSPS) is 22.3. The minimum absolute atomic E-state index is 0.558. The van der Waals surface area contributed by atoms with Gasteiger partial charge in [0, 0.05) is 32.2 Å². The minimum Gasteiger partial charge on any atom is -0.379 e. The van der Waals surface area contributed by atoms with E-state index in [1.165, 1.54) is 18.4 Å². The number of hydrogen-bond donors (Lipinski definition) is 1. The van der Waals surface area contributed by atoms with E-state index in [0.29, 0.717) is 6.04 Å². The topological polar surface area (TPSA) is 24.5 Å². The maximum absolute atomic E-state index is 5.38. The summed E-state index contributed by atoms with van der Waals surface area (Å²) in [6.45, 7) is 6.17. The molecule has 104 valence electrons. The molecule has 0 radical (unpaired) electrons. The van der Waals surface area contributed by atoms with Crippen LogP contribution in [0.3, 0.4) is 0 Å². The van der Waals surface area contributed by atoms with Gasteiger partial charge in [0.25, 0.3) is 0 Å². The Kier molecular flexibility index (Phi) is 4.49. The molecule has 1 heterocycles. The molecular weight excluding hydrogens is 236 g/mol. The van der Waals surface area contributed by atoms with Crippen LogP contribution in [0, 0.1) is 5.92 Å². The van der Waals surface area contributed by atoms with Crippen LogP contribution < -0.4 is 5.32 Å². The van der Waals surface area contributed by atoms with Crippen molar-refractivity contribution in [2.24, 2.45) is 5.92 Å². The second-order valence-electron chi connectivity index (χ2n) is 5.63. The maximum Gasteiger partial charge on any atom is 0.0594 e. The second-order valence-corrected chi connectivity index (χ2v) is 5.63. The number of rotatable bonds is 6. The van der Waals surface area contributed by atoms with Crippen molar-refractivity contribution in [3.05, 3.63) is 35.9 Å². The van der Waals surface area contributed by atoms with Crippen molar-refractivity contribution in [2.45, 2.75) is 18.9 Å². The molecule has 0 spiro atoms. The molecule has 2 fully saturated rings. The van der Waals surface area contributed by atoms with Crippen LogP contribution in [0.25, 0.3) is 0 Å². The molecule has 1 unspecified atom stereocenters. The van der Waals surface area contributed by atoms with Crippen molar-refractivity contribution in [2.75, 3.05) is 39.4 Å². The molecule has 1 aliphatic carbocycles. The van der Waals surface area contributed by atoms with E-state index in [4.69, 9.17) is 4.74 Å². The average Bonchev–Trinajstić information content (AvgIpc) is 3.30. The molecule has 19 heavy (non-hydrogen) atoms. The van der Waals surface area contributed by atoms with Crippen molar-refractivity contribution < 1.29 is 4.74 Å². The molecule has 1 aromatic rings. The predicted octanol–water partition coefficient (Wildman–Crippen LogP) is 2.06. The van der Waals surface area contributed by atoms with Gasteiger partial charge in [-0.15, -0.1) is 0 Å². The summed E-state index contributed by atoms with van der Waals surface area (Å²) in [5.41, 5.74) is 1.45. The summed E-state index contributed by atoms with van der Waals surface area (Å²) in [6.07, 6.45) is 2.76. The van der Waals surface area contributed by atoms with Crippen molar-refractivity contribution in [1.82, 2.24) is 10.2 Å². The van der Waals surface area contributed by atoms with Crippen LogP contribution in [0.1, 0.15) is 24.4 Å². The fraction of sp³-hybridized carbons (Fsp3) is 0.625. The predicted molar refractivity (Wildman–Crippen MR) is 77.2 cm³/mol. The van der Waals surface area contributed by atoms with Gasteiger partial charge in [-0.2, -0.15) is 0 Å². The first kappa shape index (κ1) is 13.1. The minimum atomic E-state index is 0.558. The summed E-state index contributed by atoms with van der Waals surface area (Å²) < 4.78 is 5.38. The van der Waals surface area contributed by atoms with Crippen LogP contribution >= 0.6 is 0 Å². The van der Waals surface area contributed by atoms with E-state index in [2.05, 4.69) is 40.5 Å². The molecule has 1 saturated carbocycles. The summed E-state index contributed by atoms with van der Waals surface area (Å²) in [6, 6.07) is 11.5. The number of hydrogen-bond acceptors (Lipinski definition) is 3. The van der Waals surface area contributed by atoms with E-state index in [-0.39, 0.29) is 0 Å². The standard InChI is InChI=1S/C16H24N2O/c1-2-4-14(5-3-1)16(15-6-7-15)17-8-9-18-10-12-19-13-11-18/h1-5,15-17H,6-13H2. The third-order valence-corrected chi connectivity index (χ3v) is 4.15. The van der Waals surface area contributed by atoms with E-state index < -0.39 is 0 Å². The highest BCUT2D eigenvalue weighted by atomic mass is 16.5. The van der Waals surface area contributed by atoms with E-state index >= 15 is 0 Å². The highest BCUT2D eigenvalue weighted by molar-refractivity contribution is 5.21. The van der Waals surface area contributed by atoms with Gasteiger partial charge in [0.1, 0.15) is 0 Å². The Labute approximate surface area is 115 Å². The third kappa shape index (κ3) is 3.78. The molecule has 0 bridgehead atoms.